The van der Waals surface area contributed by atoms with E-state index in [1.54, 1.807) is 0 Å². The van der Waals surface area contributed by atoms with Crippen molar-refractivity contribution < 1.29 is 28.6 Å². The van der Waals surface area contributed by atoms with Crippen LogP contribution in [0.5, 0.6) is 0 Å². The predicted molar refractivity (Wildman–Crippen MR) is 270 cm³/mol. The van der Waals surface area contributed by atoms with Gasteiger partial charge >= 0.3 is 17.9 Å². The molecule has 0 spiro atoms. The molecule has 0 unspecified atom stereocenters. The van der Waals surface area contributed by atoms with Crippen LogP contribution < -0.4 is 0 Å². The SMILES string of the molecule is CCCCCC/C=C\CCCCCCCC(=O)OC[C@H](COC(=O)CCCCCCCCCCCCCCC)OC(=O)CCCCCCCCCCCCCCCCCCCCC. The second-order valence-electron chi connectivity index (χ2n) is 19.2. The van der Waals surface area contributed by atoms with Gasteiger partial charge in [-0.1, -0.05) is 264 Å². The molecule has 0 heterocycles. The number of carbonyl (C=O) groups is 3. The molecule has 0 rings (SSSR count). The molecule has 1 atom stereocenters. The Bertz CT molecular complexity index is 978. The van der Waals surface area contributed by atoms with Gasteiger partial charge in [-0.05, 0) is 44.9 Å². The van der Waals surface area contributed by atoms with E-state index in [4.69, 9.17) is 14.2 Å². The summed E-state index contributed by atoms with van der Waals surface area (Å²) in [6.07, 6.45) is 59.1. The maximum absolute atomic E-state index is 12.8. The van der Waals surface area contributed by atoms with Crippen LogP contribution in [-0.2, 0) is 28.6 Å². The minimum Gasteiger partial charge on any atom is -0.462 e. The molecule has 0 N–H and O–H groups in total. The third-order valence-corrected chi connectivity index (χ3v) is 12.8. The van der Waals surface area contributed by atoms with Gasteiger partial charge in [0.2, 0.25) is 0 Å². The number of hydrogen-bond acceptors (Lipinski definition) is 6. The van der Waals surface area contributed by atoms with E-state index in [-0.39, 0.29) is 31.1 Å². The van der Waals surface area contributed by atoms with Gasteiger partial charge in [0.05, 0.1) is 0 Å². The van der Waals surface area contributed by atoms with Crippen LogP contribution in [0.1, 0.15) is 316 Å². The Labute approximate surface area is 392 Å². The Balaban J connectivity index is 4.29. The highest BCUT2D eigenvalue weighted by Crippen LogP contribution is 2.17. The monoisotopic (exact) mass is 889 g/mol. The van der Waals surface area contributed by atoms with E-state index in [1.807, 2.05) is 0 Å². The highest BCUT2D eigenvalue weighted by molar-refractivity contribution is 5.71. The third-order valence-electron chi connectivity index (χ3n) is 12.8. The highest BCUT2D eigenvalue weighted by atomic mass is 16.6. The van der Waals surface area contributed by atoms with Gasteiger partial charge in [0.25, 0.3) is 0 Å². The lowest BCUT2D eigenvalue weighted by atomic mass is 10.0. The summed E-state index contributed by atoms with van der Waals surface area (Å²) in [5, 5.41) is 0. The van der Waals surface area contributed by atoms with Crippen molar-refractivity contribution in [3.63, 3.8) is 0 Å². The zero-order chi connectivity index (χ0) is 45.8. The topological polar surface area (TPSA) is 78.9 Å². The number of unbranched alkanes of at least 4 members (excludes halogenated alkanes) is 39. The van der Waals surface area contributed by atoms with Gasteiger partial charge in [0.15, 0.2) is 6.10 Å². The fourth-order valence-electron chi connectivity index (χ4n) is 8.50. The summed E-state index contributed by atoms with van der Waals surface area (Å²) in [5.41, 5.74) is 0. The number of hydrogen-bond donors (Lipinski definition) is 0. The van der Waals surface area contributed by atoms with Crippen LogP contribution in [0.25, 0.3) is 0 Å². The van der Waals surface area contributed by atoms with Gasteiger partial charge in [-0.15, -0.1) is 0 Å². The Morgan fingerprint density at radius 3 is 0.810 bits per heavy atom. The fraction of sp³-hybridized carbons (Fsp3) is 0.912. The van der Waals surface area contributed by atoms with Crippen LogP contribution in [0.2, 0.25) is 0 Å². The maximum atomic E-state index is 12.8. The molecule has 6 nitrogen and oxygen atoms in total. The number of carbonyl (C=O) groups excluding carboxylic acids is 3. The quantitative estimate of drug-likeness (QED) is 0.0262. The van der Waals surface area contributed by atoms with Gasteiger partial charge in [-0.3, -0.25) is 14.4 Å². The average molecular weight is 889 g/mol. The Kier molecular flexibility index (Phi) is 51.2. The third kappa shape index (κ3) is 51.0. The largest absolute Gasteiger partial charge is 0.462 e. The van der Waals surface area contributed by atoms with Crippen molar-refractivity contribution in [3.05, 3.63) is 12.2 Å². The molecular formula is C57H108O6. The van der Waals surface area contributed by atoms with Crippen molar-refractivity contribution in [1.29, 1.82) is 0 Å². The first-order chi connectivity index (χ1) is 31.0. The smallest absolute Gasteiger partial charge is 0.306 e. The second-order valence-corrected chi connectivity index (χ2v) is 19.2. The highest BCUT2D eigenvalue weighted by Gasteiger charge is 2.19. The van der Waals surface area contributed by atoms with E-state index in [0.29, 0.717) is 19.3 Å². The molecule has 0 bridgehead atoms. The van der Waals surface area contributed by atoms with Gasteiger partial charge in [0.1, 0.15) is 13.2 Å². The molecule has 0 aliphatic carbocycles. The van der Waals surface area contributed by atoms with Crippen LogP contribution in [0.4, 0.5) is 0 Å². The molecule has 0 amide bonds. The minimum absolute atomic E-state index is 0.0668. The van der Waals surface area contributed by atoms with Gasteiger partial charge in [-0.2, -0.15) is 0 Å². The molecule has 0 saturated carbocycles. The van der Waals surface area contributed by atoms with E-state index in [9.17, 15) is 14.4 Å². The summed E-state index contributed by atoms with van der Waals surface area (Å²) < 4.78 is 16.8. The van der Waals surface area contributed by atoms with E-state index in [0.717, 1.165) is 64.2 Å². The van der Waals surface area contributed by atoms with Crippen LogP contribution in [0.15, 0.2) is 12.2 Å². The van der Waals surface area contributed by atoms with Crippen LogP contribution in [0.3, 0.4) is 0 Å². The molecule has 6 heteroatoms. The predicted octanol–water partition coefficient (Wildman–Crippen LogP) is 18.5. The molecule has 0 radical (unpaired) electrons. The molecular weight excluding hydrogens is 781 g/mol. The van der Waals surface area contributed by atoms with Crippen LogP contribution in [0, 0.1) is 0 Å². The zero-order valence-corrected chi connectivity index (χ0v) is 42.6. The molecule has 0 aromatic heterocycles. The molecule has 0 fully saturated rings. The van der Waals surface area contributed by atoms with E-state index >= 15 is 0 Å². The summed E-state index contributed by atoms with van der Waals surface area (Å²) in [5.74, 6) is -0.854. The summed E-state index contributed by atoms with van der Waals surface area (Å²) in [6.45, 7) is 6.67. The summed E-state index contributed by atoms with van der Waals surface area (Å²) >= 11 is 0. The first-order valence-electron chi connectivity index (χ1n) is 28.2. The van der Waals surface area contributed by atoms with Crippen molar-refractivity contribution >= 4 is 17.9 Å². The fourth-order valence-corrected chi connectivity index (χ4v) is 8.50. The zero-order valence-electron chi connectivity index (χ0n) is 42.6. The molecule has 0 aliphatic rings. The van der Waals surface area contributed by atoms with Gasteiger partial charge in [0, 0.05) is 19.3 Å². The van der Waals surface area contributed by atoms with Gasteiger partial charge < -0.3 is 14.2 Å². The maximum Gasteiger partial charge on any atom is 0.306 e. The van der Waals surface area contributed by atoms with Crippen molar-refractivity contribution in [2.45, 2.75) is 322 Å². The molecule has 0 aromatic rings. The average Bonchev–Trinajstić information content (AvgIpc) is 3.28. The lowest BCUT2D eigenvalue weighted by Crippen LogP contribution is -2.30. The van der Waals surface area contributed by atoms with Crippen molar-refractivity contribution in [1.82, 2.24) is 0 Å². The van der Waals surface area contributed by atoms with Crippen molar-refractivity contribution in [2.24, 2.45) is 0 Å². The molecule has 372 valence electrons. The van der Waals surface area contributed by atoms with Crippen molar-refractivity contribution in [3.8, 4) is 0 Å². The molecule has 0 aromatic carbocycles. The van der Waals surface area contributed by atoms with E-state index < -0.39 is 6.10 Å². The first-order valence-corrected chi connectivity index (χ1v) is 28.2. The molecule has 0 aliphatic heterocycles. The standard InChI is InChI=1S/C57H108O6/c1-4-7-10-13-16-19-22-25-26-27-28-29-30-33-36-39-42-45-48-51-57(60)63-54(52-61-55(58)49-46-43-40-37-34-31-23-20-17-14-11-8-5-2)53-62-56(59)50-47-44-41-38-35-32-24-21-18-15-12-9-6-3/h20,23,54H,4-19,21-22,24-53H2,1-3H3/b23-20-/t54-/m1/s1. The first kappa shape index (κ1) is 61.1. The Hall–Kier alpha value is -1.85. The van der Waals surface area contributed by atoms with Gasteiger partial charge in [-0.25, -0.2) is 0 Å². The summed E-state index contributed by atoms with van der Waals surface area (Å²) in [6, 6.07) is 0. The lowest BCUT2D eigenvalue weighted by molar-refractivity contribution is -0.167. The summed E-state index contributed by atoms with van der Waals surface area (Å²) in [4.78, 5) is 38.0. The number of rotatable bonds is 52. The van der Waals surface area contributed by atoms with Crippen LogP contribution >= 0.6 is 0 Å². The summed E-state index contributed by atoms with van der Waals surface area (Å²) in [7, 11) is 0. The molecule has 0 saturated heterocycles. The van der Waals surface area contributed by atoms with Crippen molar-refractivity contribution in [2.75, 3.05) is 13.2 Å². The number of allylic oxidation sites excluding steroid dienone is 2. The number of esters is 3. The van der Waals surface area contributed by atoms with E-state index in [2.05, 4.69) is 32.9 Å². The normalized spacial score (nSPS) is 12.0. The number of ether oxygens (including phenoxy) is 3. The Morgan fingerprint density at radius 1 is 0.302 bits per heavy atom. The minimum atomic E-state index is -0.767. The molecule has 63 heavy (non-hydrogen) atoms. The van der Waals surface area contributed by atoms with Crippen LogP contribution in [-0.4, -0.2) is 37.2 Å². The Morgan fingerprint density at radius 2 is 0.524 bits per heavy atom. The van der Waals surface area contributed by atoms with E-state index in [1.165, 1.54) is 212 Å². The second kappa shape index (κ2) is 52.8. The lowest BCUT2D eigenvalue weighted by Gasteiger charge is -2.18.